The standard InChI is InChI=1S/C35H36F3N3O7/c1-20-15-21(11-13-24(20)25-8-4-5-9-26(25)35(36,37)38)33(47)41-17-23-12-14-28(40(23)16-22-7-3-6-10-27(22)41)34(48)39(2)18-29(43)31(45)32(46)30(44)19-42/h3-15,29-32,42-46H,16-19H2,1-2H3/t29-,30+,31+,32+/m0/s1. The van der Waals surface area contributed by atoms with E-state index in [1.54, 1.807) is 52.8 Å². The third-order valence-corrected chi connectivity index (χ3v) is 8.60. The van der Waals surface area contributed by atoms with E-state index in [-0.39, 0.29) is 35.8 Å². The van der Waals surface area contributed by atoms with Gasteiger partial charge in [0.15, 0.2) is 0 Å². The number of halogens is 3. The van der Waals surface area contributed by atoms with E-state index in [4.69, 9.17) is 5.11 Å². The Morgan fingerprint density at radius 1 is 0.854 bits per heavy atom. The van der Waals surface area contributed by atoms with Gasteiger partial charge in [0.2, 0.25) is 0 Å². The molecule has 4 atom stereocenters. The van der Waals surface area contributed by atoms with Crippen molar-refractivity contribution >= 4 is 17.5 Å². The topological polar surface area (TPSA) is 147 Å². The molecule has 0 fully saturated rings. The van der Waals surface area contributed by atoms with Crippen LogP contribution in [0.5, 0.6) is 0 Å². The van der Waals surface area contributed by atoms with E-state index in [1.807, 2.05) is 6.07 Å². The molecule has 0 saturated heterocycles. The number of aryl methyl sites for hydroxylation is 1. The average Bonchev–Trinajstić information content (AvgIpc) is 3.38. The molecule has 10 nitrogen and oxygen atoms in total. The Balaban J connectivity index is 1.42. The molecule has 4 aromatic rings. The van der Waals surface area contributed by atoms with Gasteiger partial charge in [0.05, 0.1) is 25.3 Å². The monoisotopic (exact) mass is 667 g/mol. The number of aromatic nitrogens is 1. The van der Waals surface area contributed by atoms with Crippen molar-refractivity contribution in [3.63, 3.8) is 0 Å². The lowest BCUT2D eigenvalue weighted by Gasteiger charge is -2.28. The summed E-state index contributed by atoms with van der Waals surface area (Å²) in [6, 6.07) is 20.3. The van der Waals surface area contributed by atoms with Crippen LogP contribution in [0.25, 0.3) is 11.1 Å². The van der Waals surface area contributed by atoms with Crippen molar-refractivity contribution in [2.24, 2.45) is 0 Å². The van der Waals surface area contributed by atoms with Gasteiger partial charge in [-0.3, -0.25) is 9.59 Å². The normalized spacial score (nSPS) is 15.5. The van der Waals surface area contributed by atoms with E-state index in [2.05, 4.69) is 0 Å². The maximum Gasteiger partial charge on any atom is 0.417 e. The van der Waals surface area contributed by atoms with Crippen LogP contribution < -0.4 is 4.90 Å². The molecular weight excluding hydrogens is 631 g/mol. The average molecular weight is 668 g/mol. The van der Waals surface area contributed by atoms with Crippen molar-refractivity contribution in [2.45, 2.75) is 50.6 Å². The molecule has 2 amide bonds. The number of rotatable bonds is 9. The van der Waals surface area contributed by atoms with Gasteiger partial charge in [-0.25, -0.2) is 0 Å². The zero-order valence-electron chi connectivity index (χ0n) is 26.2. The van der Waals surface area contributed by atoms with Crippen molar-refractivity contribution in [3.8, 4) is 11.1 Å². The molecule has 1 aromatic heterocycles. The van der Waals surface area contributed by atoms with Gasteiger partial charge >= 0.3 is 6.18 Å². The van der Waals surface area contributed by atoms with E-state index in [9.17, 15) is 43.2 Å². The van der Waals surface area contributed by atoms with Gasteiger partial charge in [0, 0.05) is 30.5 Å². The first-order chi connectivity index (χ1) is 22.7. The van der Waals surface area contributed by atoms with Crippen LogP contribution in [-0.2, 0) is 19.3 Å². The summed E-state index contributed by atoms with van der Waals surface area (Å²) < 4.78 is 42.9. The molecule has 2 heterocycles. The molecule has 5 rings (SSSR count). The fourth-order valence-corrected chi connectivity index (χ4v) is 5.98. The summed E-state index contributed by atoms with van der Waals surface area (Å²) in [5.41, 5.74) is 2.53. The molecule has 1 aliphatic rings. The predicted octanol–water partition coefficient (Wildman–Crippen LogP) is 3.20. The van der Waals surface area contributed by atoms with Gasteiger partial charge in [-0.1, -0.05) is 42.5 Å². The smallest absolute Gasteiger partial charge is 0.394 e. The third kappa shape index (κ3) is 6.86. The van der Waals surface area contributed by atoms with E-state index in [0.717, 1.165) is 16.5 Å². The van der Waals surface area contributed by atoms with Gasteiger partial charge in [-0.15, -0.1) is 0 Å². The predicted molar refractivity (Wildman–Crippen MR) is 170 cm³/mol. The SMILES string of the molecule is Cc1cc(C(=O)N2Cc3ccc(C(=O)N(C)C[C@H](O)[C@@H](O)[C@H](O)[C@H](O)CO)n3Cc3ccccc32)ccc1-c1ccccc1C(F)(F)F. The Morgan fingerprint density at radius 2 is 1.52 bits per heavy atom. The highest BCUT2D eigenvalue weighted by atomic mass is 19.4. The molecule has 48 heavy (non-hydrogen) atoms. The van der Waals surface area contributed by atoms with Crippen molar-refractivity contribution in [1.29, 1.82) is 0 Å². The zero-order valence-corrected chi connectivity index (χ0v) is 26.2. The third-order valence-electron chi connectivity index (χ3n) is 8.60. The van der Waals surface area contributed by atoms with Gasteiger partial charge in [0.25, 0.3) is 11.8 Å². The highest BCUT2D eigenvalue weighted by molar-refractivity contribution is 6.07. The fraction of sp³-hybridized carbons (Fsp3) is 0.314. The quantitative estimate of drug-likeness (QED) is 0.184. The number of likely N-dealkylation sites (N-methyl/N-ethyl adjacent to an activating group) is 1. The number of carbonyl (C=O) groups is 2. The highest BCUT2D eigenvalue weighted by Crippen LogP contribution is 2.38. The van der Waals surface area contributed by atoms with E-state index < -0.39 is 55.2 Å². The van der Waals surface area contributed by atoms with Gasteiger partial charge in [-0.2, -0.15) is 13.2 Å². The van der Waals surface area contributed by atoms with Crippen LogP contribution >= 0.6 is 0 Å². The molecule has 0 saturated carbocycles. The summed E-state index contributed by atoms with van der Waals surface area (Å²) in [5.74, 6) is -0.908. The summed E-state index contributed by atoms with van der Waals surface area (Å²) in [6.45, 7) is 0.700. The fourth-order valence-electron chi connectivity index (χ4n) is 5.98. The Kier molecular flexibility index (Phi) is 10.1. The first-order valence-corrected chi connectivity index (χ1v) is 15.2. The highest BCUT2D eigenvalue weighted by Gasteiger charge is 2.35. The van der Waals surface area contributed by atoms with Crippen LogP contribution in [0.1, 0.15) is 43.2 Å². The van der Waals surface area contributed by atoms with Crippen molar-refractivity contribution in [3.05, 3.63) is 113 Å². The Bertz CT molecular complexity index is 1810. The first kappa shape index (κ1) is 34.8. The molecule has 0 radical (unpaired) electrons. The zero-order chi connectivity index (χ0) is 34.9. The van der Waals surface area contributed by atoms with Crippen LogP contribution in [0.2, 0.25) is 0 Å². The number of para-hydroxylation sites is 1. The molecule has 0 aliphatic carbocycles. The van der Waals surface area contributed by atoms with Crippen LogP contribution in [0.3, 0.4) is 0 Å². The molecule has 13 heteroatoms. The molecular formula is C35H36F3N3O7. The number of alkyl halides is 3. The Hall–Kier alpha value is -4.53. The number of aliphatic hydroxyl groups excluding tert-OH is 5. The van der Waals surface area contributed by atoms with Crippen molar-refractivity contribution in [1.82, 2.24) is 9.47 Å². The minimum absolute atomic E-state index is 0.0163. The summed E-state index contributed by atoms with van der Waals surface area (Å²) in [4.78, 5) is 30.3. The first-order valence-electron chi connectivity index (χ1n) is 15.2. The summed E-state index contributed by atoms with van der Waals surface area (Å²) >= 11 is 0. The maximum absolute atomic E-state index is 14.1. The molecule has 0 unspecified atom stereocenters. The molecule has 3 aromatic carbocycles. The van der Waals surface area contributed by atoms with Crippen molar-refractivity contribution in [2.75, 3.05) is 25.1 Å². The van der Waals surface area contributed by atoms with E-state index in [1.165, 1.54) is 37.4 Å². The second kappa shape index (κ2) is 13.9. The van der Waals surface area contributed by atoms with Crippen molar-refractivity contribution < 1.29 is 48.3 Å². The number of aliphatic hydroxyl groups is 5. The van der Waals surface area contributed by atoms with Gasteiger partial charge in [0.1, 0.15) is 30.1 Å². The summed E-state index contributed by atoms with van der Waals surface area (Å²) in [6.07, 6.45) is -11.6. The minimum atomic E-state index is -4.55. The van der Waals surface area contributed by atoms with Crippen LogP contribution in [0.15, 0.2) is 78.9 Å². The van der Waals surface area contributed by atoms with E-state index in [0.29, 0.717) is 22.5 Å². The number of hydrogen-bond donors (Lipinski definition) is 5. The second-order valence-corrected chi connectivity index (χ2v) is 11.9. The van der Waals surface area contributed by atoms with E-state index >= 15 is 0 Å². The Labute approximate surface area is 274 Å². The van der Waals surface area contributed by atoms with Crippen LogP contribution in [0.4, 0.5) is 18.9 Å². The molecule has 0 bridgehead atoms. The number of carbonyl (C=O) groups excluding carboxylic acids is 2. The lowest BCUT2D eigenvalue weighted by molar-refractivity contribution is -0.137. The number of anilines is 1. The van der Waals surface area contributed by atoms with Crippen LogP contribution in [-0.4, -0.2) is 91.4 Å². The summed E-state index contributed by atoms with van der Waals surface area (Å²) in [5, 5.41) is 49.2. The number of fused-ring (bicyclic) bond motifs is 2. The lowest BCUT2D eigenvalue weighted by atomic mass is 9.94. The maximum atomic E-state index is 14.1. The number of benzene rings is 3. The number of nitrogens with zero attached hydrogens (tertiary/aromatic N) is 3. The van der Waals surface area contributed by atoms with Crippen LogP contribution in [0, 0.1) is 6.92 Å². The lowest BCUT2D eigenvalue weighted by Crippen LogP contribution is -2.50. The summed E-state index contributed by atoms with van der Waals surface area (Å²) in [7, 11) is 1.40. The number of hydrogen-bond acceptors (Lipinski definition) is 7. The van der Waals surface area contributed by atoms with Gasteiger partial charge < -0.3 is 39.9 Å². The minimum Gasteiger partial charge on any atom is -0.394 e. The molecule has 1 aliphatic heterocycles. The Morgan fingerprint density at radius 3 is 2.21 bits per heavy atom. The molecule has 5 N–H and O–H groups in total. The molecule has 0 spiro atoms. The number of amides is 2. The second-order valence-electron chi connectivity index (χ2n) is 11.9. The van der Waals surface area contributed by atoms with Gasteiger partial charge in [-0.05, 0) is 65.6 Å². The molecule has 254 valence electrons. The largest absolute Gasteiger partial charge is 0.417 e.